The van der Waals surface area contributed by atoms with E-state index in [2.05, 4.69) is 23.6 Å². The topological polar surface area (TPSA) is 36.0 Å². The number of piperazine rings is 1. The summed E-state index contributed by atoms with van der Waals surface area (Å²) in [4.78, 5) is 19.4. The molecule has 0 aliphatic carbocycles. The van der Waals surface area contributed by atoms with Gasteiger partial charge in [0.05, 0.1) is 12.6 Å². The van der Waals surface area contributed by atoms with Crippen LogP contribution in [-0.4, -0.2) is 85.2 Å². The van der Waals surface area contributed by atoms with Gasteiger partial charge in [0, 0.05) is 51.9 Å². The van der Waals surface area contributed by atoms with Gasteiger partial charge in [-0.2, -0.15) is 0 Å². The molecule has 2 aliphatic heterocycles. The number of hydrogen-bond acceptors (Lipinski definition) is 4. The molecule has 122 valence electrons. The summed E-state index contributed by atoms with van der Waals surface area (Å²) in [6.07, 6.45) is 2.33. The summed E-state index contributed by atoms with van der Waals surface area (Å²) < 4.78 is 5.45. The summed E-state index contributed by atoms with van der Waals surface area (Å²) in [7, 11) is 0. The predicted octanol–water partition coefficient (Wildman–Crippen LogP) is 1.04. The van der Waals surface area contributed by atoms with Crippen molar-refractivity contribution in [2.24, 2.45) is 0 Å². The third-order valence-corrected chi connectivity index (χ3v) is 4.85. The molecule has 21 heavy (non-hydrogen) atoms. The minimum absolute atomic E-state index is 0.0274. The zero-order valence-electron chi connectivity index (χ0n) is 13.9. The van der Waals surface area contributed by atoms with E-state index in [1.807, 2.05) is 11.8 Å². The number of amides is 1. The van der Waals surface area contributed by atoms with E-state index in [9.17, 15) is 4.79 Å². The number of carbonyl (C=O) groups excluding carboxylic acids is 1. The van der Waals surface area contributed by atoms with Gasteiger partial charge in [-0.15, -0.1) is 0 Å². The minimum atomic E-state index is 0.0274. The number of ether oxygens (including phenoxy) is 1. The average Bonchev–Trinajstić information content (AvgIpc) is 3.02. The van der Waals surface area contributed by atoms with Crippen molar-refractivity contribution in [1.82, 2.24) is 14.7 Å². The molecule has 0 aromatic rings. The Labute approximate surface area is 129 Å². The number of nitrogens with zero attached hydrogens (tertiary/aromatic N) is 3. The molecule has 0 aromatic carbocycles. The lowest BCUT2D eigenvalue weighted by Gasteiger charge is -2.42. The number of hydrogen-bond donors (Lipinski definition) is 0. The molecule has 0 N–H and O–H groups in total. The summed E-state index contributed by atoms with van der Waals surface area (Å²) >= 11 is 0. The Bertz CT molecular complexity index is 331. The van der Waals surface area contributed by atoms with E-state index in [4.69, 9.17) is 4.74 Å². The minimum Gasteiger partial charge on any atom is -0.380 e. The lowest BCUT2D eigenvalue weighted by Crippen LogP contribution is -2.57. The maximum atomic E-state index is 12.5. The Hall–Kier alpha value is -0.650. The molecule has 0 saturated carbocycles. The zero-order chi connectivity index (χ0) is 15.2. The second kappa shape index (κ2) is 8.11. The van der Waals surface area contributed by atoms with Gasteiger partial charge in [0.1, 0.15) is 0 Å². The highest BCUT2D eigenvalue weighted by Gasteiger charge is 2.32. The van der Waals surface area contributed by atoms with Gasteiger partial charge >= 0.3 is 0 Å². The Morgan fingerprint density at radius 3 is 2.57 bits per heavy atom. The largest absolute Gasteiger partial charge is 0.380 e. The first-order valence-corrected chi connectivity index (χ1v) is 8.48. The Balaban J connectivity index is 1.79. The molecule has 0 radical (unpaired) electrons. The highest BCUT2D eigenvalue weighted by atomic mass is 16.5. The van der Waals surface area contributed by atoms with E-state index in [0.29, 0.717) is 11.9 Å². The van der Waals surface area contributed by atoms with E-state index in [1.54, 1.807) is 0 Å². The van der Waals surface area contributed by atoms with Gasteiger partial charge < -0.3 is 9.64 Å². The Kier molecular flexibility index (Phi) is 6.45. The number of likely N-dealkylation sites (tertiary alicyclic amines) is 1. The van der Waals surface area contributed by atoms with Crippen LogP contribution in [0.15, 0.2) is 0 Å². The predicted molar refractivity (Wildman–Crippen MR) is 84.4 cm³/mol. The number of rotatable bonds is 6. The molecule has 1 amide bonds. The van der Waals surface area contributed by atoms with Gasteiger partial charge in [0.15, 0.2) is 0 Å². The van der Waals surface area contributed by atoms with Crippen molar-refractivity contribution in [3.05, 3.63) is 0 Å². The molecule has 2 atom stereocenters. The molecular formula is C16H31N3O2. The highest BCUT2D eigenvalue weighted by Crippen LogP contribution is 2.16. The van der Waals surface area contributed by atoms with Crippen molar-refractivity contribution in [3.8, 4) is 0 Å². The lowest BCUT2D eigenvalue weighted by atomic mass is 10.1. The summed E-state index contributed by atoms with van der Waals surface area (Å²) in [6, 6.07) is 0.521. The lowest BCUT2D eigenvalue weighted by molar-refractivity contribution is -0.136. The SMILES string of the molecule is CCOCCN1CCN([C@H](C)C(=O)N2CCCC2)C[C@H]1C. The van der Waals surface area contributed by atoms with E-state index in [-0.39, 0.29) is 6.04 Å². The van der Waals surface area contributed by atoms with E-state index < -0.39 is 0 Å². The molecular weight excluding hydrogens is 266 g/mol. The summed E-state index contributed by atoms with van der Waals surface area (Å²) in [5.41, 5.74) is 0. The van der Waals surface area contributed by atoms with Gasteiger partial charge in [-0.1, -0.05) is 0 Å². The molecule has 2 saturated heterocycles. The molecule has 0 unspecified atom stereocenters. The summed E-state index contributed by atoms with van der Waals surface area (Å²) in [6.45, 7) is 13.9. The fraction of sp³-hybridized carbons (Fsp3) is 0.938. The average molecular weight is 297 g/mol. The van der Waals surface area contributed by atoms with E-state index >= 15 is 0 Å². The molecule has 2 rings (SSSR count). The van der Waals surface area contributed by atoms with Gasteiger partial charge in [0.2, 0.25) is 5.91 Å². The van der Waals surface area contributed by atoms with Crippen molar-refractivity contribution >= 4 is 5.91 Å². The van der Waals surface area contributed by atoms with Crippen molar-refractivity contribution in [2.45, 2.75) is 45.7 Å². The summed E-state index contributed by atoms with van der Waals surface area (Å²) in [5.74, 6) is 0.322. The third-order valence-electron chi connectivity index (χ3n) is 4.85. The maximum Gasteiger partial charge on any atom is 0.239 e. The molecule has 0 spiro atoms. The first-order chi connectivity index (χ1) is 10.1. The van der Waals surface area contributed by atoms with Crippen LogP contribution in [0.2, 0.25) is 0 Å². The van der Waals surface area contributed by atoms with Gasteiger partial charge in [-0.25, -0.2) is 0 Å². The van der Waals surface area contributed by atoms with Crippen LogP contribution in [0.5, 0.6) is 0 Å². The monoisotopic (exact) mass is 297 g/mol. The second-order valence-corrected chi connectivity index (χ2v) is 6.29. The van der Waals surface area contributed by atoms with Gasteiger partial charge in [-0.3, -0.25) is 14.6 Å². The fourth-order valence-corrected chi connectivity index (χ4v) is 3.39. The molecule has 2 fully saturated rings. The first kappa shape index (κ1) is 16.7. The second-order valence-electron chi connectivity index (χ2n) is 6.29. The molecule has 0 bridgehead atoms. The molecule has 0 aromatic heterocycles. The molecule has 5 nitrogen and oxygen atoms in total. The first-order valence-electron chi connectivity index (χ1n) is 8.48. The van der Waals surface area contributed by atoms with Crippen molar-refractivity contribution in [3.63, 3.8) is 0 Å². The molecule has 2 heterocycles. The van der Waals surface area contributed by atoms with Crippen LogP contribution < -0.4 is 0 Å². The van der Waals surface area contributed by atoms with E-state index in [1.165, 1.54) is 12.8 Å². The van der Waals surface area contributed by atoms with Gasteiger partial charge in [-0.05, 0) is 33.6 Å². The zero-order valence-corrected chi connectivity index (χ0v) is 13.9. The quantitative estimate of drug-likeness (QED) is 0.686. The van der Waals surface area contributed by atoms with Crippen molar-refractivity contribution < 1.29 is 9.53 Å². The Morgan fingerprint density at radius 2 is 1.95 bits per heavy atom. The molecule has 5 heteroatoms. The van der Waals surface area contributed by atoms with Crippen LogP contribution in [0.3, 0.4) is 0 Å². The van der Waals surface area contributed by atoms with Crippen LogP contribution in [0.1, 0.15) is 33.6 Å². The smallest absolute Gasteiger partial charge is 0.239 e. The standard InChI is InChI=1S/C16H31N3O2/c1-4-21-12-11-17-9-10-19(13-14(17)2)15(3)16(20)18-7-5-6-8-18/h14-15H,4-13H2,1-3H3/t14-,15-/m1/s1. The highest BCUT2D eigenvalue weighted by molar-refractivity contribution is 5.81. The Morgan fingerprint density at radius 1 is 1.24 bits per heavy atom. The van der Waals surface area contributed by atoms with E-state index in [0.717, 1.165) is 52.5 Å². The normalized spacial score (nSPS) is 26.2. The molecule has 2 aliphatic rings. The fourth-order valence-electron chi connectivity index (χ4n) is 3.39. The maximum absolute atomic E-state index is 12.5. The summed E-state index contributed by atoms with van der Waals surface area (Å²) in [5, 5.41) is 0. The van der Waals surface area contributed by atoms with Crippen LogP contribution in [-0.2, 0) is 9.53 Å². The van der Waals surface area contributed by atoms with Crippen LogP contribution in [0, 0.1) is 0 Å². The number of carbonyl (C=O) groups is 1. The van der Waals surface area contributed by atoms with Crippen LogP contribution in [0.25, 0.3) is 0 Å². The van der Waals surface area contributed by atoms with Gasteiger partial charge in [0.25, 0.3) is 0 Å². The third kappa shape index (κ3) is 4.41. The van der Waals surface area contributed by atoms with Crippen LogP contribution in [0.4, 0.5) is 0 Å². The van der Waals surface area contributed by atoms with Crippen molar-refractivity contribution in [1.29, 1.82) is 0 Å². The van der Waals surface area contributed by atoms with Crippen LogP contribution >= 0.6 is 0 Å². The van der Waals surface area contributed by atoms with Crippen molar-refractivity contribution in [2.75, 3.05) is 52.5 Å².